The molecule has 2 heteroatoms. The molecule has 70 valence electrons. The maximum absolute atomic E-state index is 11.2. The molecule has 0 unspecified atom stereocenters. The Balaban J connectivity index is 3.24. The van der Waals surface area contributed by atoms with Crippen LogP contribution in [0.25, 0.3) is 0 Å². The lowest BCUT2D eigenvalue weighted by atomic mass is 9.99. The van der Waals surface area contributed by atoms with Crippen LogP contribution in [-0.2, 0) is 6.42 Å². The van der Waals surface area contributed by atoms with Crippen LogP contribution in [0.2, 0.25) is 0 Å². The quantitative estimate of drug-likeness (QED) is 0.536. The van der Waals surface area contributed by atoms with Gasteiger partial charge in [-0.25, -0.2) is 0 Å². The van der Waals surface area contributed by atoms with Gasteiger partial charge < -0.3 is 0 Å². The van der Waals surface area contributed by atoms with Crippen LogP contribution in [0.15, 0.2) is 30.9 Å². The number of hydrogen-bond acceptors (Lipinski definition) is 2. The van der Waals surface area contributed by atoms with Crippen LogP contribution in [0.1, 0.15) is 28.4 Å². The van der Waals surface area contributed by atoms with E-state index in [-0.39, 0.29) is 5.78 Å². The first-order chi connectivity index (χ1) is 6.69. The molecule has 0 saturated carbocycles. The van der Waals surface area contributed by atoms with Gasteiger partial charge in [-0.15, -0.1) is 6.58 Å². The molecule has 0 saturated heterocycles. The average Bonchev–Trinajstić information content (AvgIpc) is 2.17. The molecule has 0 heterocycles. The molecule has 0 amide bonds. The molecule has 0 spiro atoms. The summed E-state index contributed by atoms with van der Waals surface area (Å²) in [7, 11) is 0. The first-order valence-corrected chi connectivity index (χ1v) is 4.34. The molecule has 2 nitrogen and oxygen atoms in total. The topological polar surface area (TPSA) is 40.9 Å². The van der Waals surface area contributed by atoms with Crippen molar-refractivity contribution in [2.45, 2.75) is 13.3 Å². The molecule has 0 aromatic heterocycles. The first-order valence-electron chi connectivity index (χ1n) is 4.34. The molecule has 0 N–H and O–H groups in total. The van der Waals surface area contributed by atoms with Gasteiger partial charge in [0.05, 0.1) is 11.6 Å². The summed E-state index contributed by atoms with van der Waals surface area (Å²) in [6.07, 6.45) is 2.34. The monoisotopic (exact) mass is 185 g/mol. The van der Waals surface area contributed by atoms with Gasteiger partial charge in [-0.05, 0) is 37.1 Å². The molecule has 0 atom stereocenters. The number of rotatable bonds is 3. The fourth-order valence-corrected chi connectivity index (χ4v) is 1.33. The number of carbonyl (C=O) groups is 1. The second-order valence-electron chi connectivity index (χ2n) is 3.03. The van der Waals surface area contributed by atoms with Crippen LogP contribution in [-0.4, -0.2) is 5.78 Å². The normalized spacial score (nSPS) is 9.14. The molecule has 0 aliphatic heterocycles. The summed E-state index contributed by atoms with van der Waals surface area (Å²) in [6.45, 7) is 5.14. The fraction of sp³-hybridized carbons (Fsp3) is 0.167. The smallest absolute Gasteiger partial charge is 0.160 e. The predicted molar refractivity (Wildman–Crippen MR) is 55.1 cm³/mol. The lowest BCUT2D eigenvalue weighted by molar-refractivity contribution is 0.101. The number of nitriles is 1. The number of nitrogens with zero attached hydrogens (tertiary/aromatic N) is 1. The van der Waals surface area contributed by atoms with Crippen molar-refractivity contribution < 1.29 is 4.79 Å². The third-order valence-electron chi connectivity index (χ3n) is 1.98. The molecule has 0 aliphatic carbocycles. The third-order valence-corrected chi connectivity index (χ3v) is 1.98. The van der Waals surface area contributed by atoms with Crippen LogP contribution in [0, 0.1) is 11.3 Å². The summed E-state index contributed by atoms with van der Waals surface area (Å²) in [5, 5.41) is 8.70. The Hall–Kier alpha value is -1.88. The van der Waals surface area contributed by atoms with Crippen molar-refractivity contribution in [3.8, 4) is 6.07 Å². The van der Waals surface area contributed by atoms with Gasteiger partial charge in [0.1, 0.15) is 0 Å². The molecule has 1 aromatic rings. The van der Waals surface area contributed by atoms with Crippen molar-refractivity contribution in [3.05, 3.63) is 47.5 Å². The number of carbonyl (C=O) groups excluding carboxylic acids is 1. The lowest BCUT2D eigenvalue weighted by Gasteiger charge is -2.04. The number of hydrogen-bond donors (Lipinski definition) is 0. The molecule has 0 radical (unpaired) electrons. The number of Topliss-reactive ketones (excluding diaryl/α,β-unsaturated/α-hetero) is 1. The maximum Gasteiger partial charge on any atom is 0.160 e. The molecule has 1 aromatic carbocycles. The van der Waals surface area contributed by atoms with Gasteiger partial charge in [0, 0.05) is 5.56 Å². The second kappa shape index (κ2) is 4.38. The van der Waals surface area contributed by atoms with Gasteiger partial charge in [0.25, 0.3) is 0 Å². The fourth-order valence-electron chi connectivity index (χ4n) is 1.33. The Kier molecular flexibility index (Phi) is 3.19. The van der Waals surface area contributed by atoms with E-state index in [0.29, 0.717) is 17.5 Å². The van der Waals surface area contributed by atoms with Crippen molar-refractivity contribution in [1.29, 1.82) is 5.26 Å². The van der Waals surface area contributed by atoms with E-state index in [1.165, 1.54) is 6.92 Å². The van der Waals surface area contributed by atoms with E-state index in [9.17, 15) is 4.79 Å². The van der Waals surface area contributed by atoms with Crippen LogP contribution in [0.4, 0.5) is 0 Å². The van der Waals surface area contributed by atoms with Crippen molar-refractivity contribution in [2.24, 2.45) is 0 Å². The Morgan fingerprint density at radius 1 is 1.64 bits per heavy atom. The highest BCUT2D eigenvalue weighted by atomic mass is 16.1. The van der Waals surface area contributed by atoms with Crippen LogP contribution >= 0.6 is 0 Å². The molecular formula is C12H11NO. The van der Waals surface area contributed by atoms with Gasteiger partial charge in [-0.2, -0.15) is 5.26 Å². The second-order valence-corrected chi connectivity index (χ2v) is 3.03. The zero-order valence-corrected chi connectivity index (χ0v) is 8.08. The molecular weight excluding hydrogens is 174 g/mol. The summed E-state index contributed by atoms with van der Waals surface area (Å²) in [6, 6.07) is 7.13. The molecule has 14 heavy (non-hydrogen) atoms. The highest BCUT2D eigenvalue weighted by Crippen LogP contribution is 2.13. The lowest BCUT2D eigenvalue weighted by Crippen LogP contribution is -1.99. The van der Waals surface area contributed by atoms with Gasteiger partial charge >= 0.3 is 0 Å². The maximum atomic E-state index is 11.2. The summed E-state index contributed by atoms with van der Waals surface area (Å²) in [4.78, 5) is 11.2. The molecule has 1 rings (SSSR count). The summed E-state index contributed by atoms with van der Waals surface area (Å²) >= 11 is 0. The zero-order valence-electron chi connectivity index (χ0n) is 8.08. The van der Waals surface area contributed by atoms with Crippen molar-refractivity contribution in [1.82, 2.24) is 0 Å². The van der Waals surface area contributed by atoms with Crippen molar-refractivity contribution in [2.75, 3.05) is 0 Å². The van der Waals surface area contributed by atoms with E-state index in [1.54, 1.807) is 24.3 Å². The first kappa shape index (κ1) is 10.2. The van der Waals surface area contributed by atoms with E-state index < -0.39 is 0 Å². The van der Waals surface area contributed by atoms with Gasteiger partial charge in [0.2, 0.25) is 0 Å². The minimum absolute atomic E-state index is 0.0198. The van der Waals surface area contributed by atoms with E-state index in [2.05, 4.69) is 6.58 Å². The van der Waals surface area contributed by atoms with Crippen LogP contribution in [0.5, 0.6) is 0 Å². The van der Waals surface area contributed by atoms with Crippen molar-refractivity contribution in [3.63, 3.8) is 0 Å². The molecule has 0 fully saturated rings. The largest absolute Gasteiger partial charge is 0.295 e. The Bertz CT molecular complexity index is 413. The number of allylic oxidation sites excluding steroid dienone is 1. The standard InChI is InChI=1S/C12H11NO/c1-3-4-11-7-10(8-13)5-6-12(11)9(2)14/h3,5-7H,1,4H2,2H3. The number of benzene rings is 1. The summed E-state index contributed by atoms with van der Waals surface area (Å²) in [5.74, 6) is 0.0198. The summed E-state index contributed by atoms with van der Waals surface area (Å²) < 4.78 is 0. The van der Waals surface area contributed by atoms with E-state index in [4.69, 9.17) is 5.26 Å². The Morgan fingerprint density at radius 3 is 2.86 bits per heavy atom. The van der Waals surface area contributed by atoms with Crippen LogP contribution < -0.4 is 0 Å². The minimum Gasteiger partial charge on any atom is -0.295 e. The van der Waals surface area contributed by atoms with Crippen molar-refractivity contribution >= 4 is 5.78 Å². The zero-order chi connectivity index (χ0) is 10.6. The molecule has 0 bridgehead atoms. The van der Waals surface area contributed by atoms with E-state index >= 15 is 0 Å². The Morgan fingerprint density at radius 2 is 2.36 bits per heavy atom. The van der Waals surface area contributed by atoms with Crippen LogP contribution in [0.3, 0.4) is 0 Å². The average molecular weight is 185 g/mol. The SMILES string of the molecule is C=CCc1cc(C#N)ccc1C(C)=O. The third kappa shape index (κ3) is 2.08. The summed E-state index contributed by atoms with van der Waals surface area (Å²) in [5.41, 5.74) is 2.11. The van der Waals surface area contributed by atoms with Gasteiger partial charge in [0.15, 0.2) is 5.78 Å². The highest BCUT2D eigenvalue weighted by molar-refractivity contribution is 5.95. The predicted octanol–water partition coefficient (Wildman–Crippen LogP) is 2.49. The van der Waals surface area contributed by atoms with Gasteiger partial charge in [-0.1, -0.05) is 6.08 Å². The minimum atomic E-state index is 0.0198. The molecule has 0 aliphatic rings. The highest BCUT2D eigenvalue weighted by Gasteiger charge is 2.06. The number of ketones is 1. The van der Waals surface area contributed by atoms with Gasteiger partial charge in [-0.3, -0.25) is 4.79 Å². The van der Waals surface area contributed by atoms with E-state index in [0.717, 1.165) is 5.56 Å². The van der Waals surface area contributed by atoms with E-state index in [1.807, 2.05) is 6.07 Å². The Labute approximate surface area is 83.5 Å².